The summed E-state index contributed by atoms with van der Waals surface area (Å²) in [6, 6.07) is 0. The molecule has 0 spiro atoms. The van der Waals surface area contributed by atoms with Crippen molar-refractivity contribution < 1.29 is 47.9 Å². The molecule has 0 unspecified atom stereocenters. The van der Waals surface area contributed by atoms with Crippen molar-refractivity contribution in [2.24, 2.45) is 0 Å². The van der Waals surface area contributed by atoms with E-state index in [0.717, 1.165) is 4.72 Å². The van der Waals surface area contributed by atoms with Crippen molar-refractivity contribution in [2.45, 2.75) is 29.7 Å². The van der Waals surface area contributed by atoms with E-state index in [1.165, 1.54) is 19.0 Å². The minimum atomic E-state index is -7.25. The number of nitrogens with one attached hydrogen (secondary N) is 1. The first kappa shape index (κ1) is 25.8. The highest BCUT2D eigenvalue weighted by atomic mass is 35.5. The van der Waals surface area contributed by atoms with Crippen LogP contribution >= 0.6 is 12.4 Å². The molecule has 15 heteroatoms. The van der Waals surface area contributed by atoms with Crippen LogP contribution in [-0.2, 0) is 10.0 Å². The lowest BCUT2D eigenvalue weighted by Crippen LogP contribution is -2.65. The first-order chi connectivity index (χ1) is 9.92. The molecule has 148 valence electrons. The molecule has 24 heavy (non-hydrogen) atoms. The Morgan fingerprint density at radius 1 is 0.875 bits per heavy atom. The predicted molar refractivity (Wildman–Crippen MR) is 68.2 cm³/mol. The number of hydrogen-bond acceptors (Lipinski definition) is 3. The van der Waals surface area contributed by atoms with E-state index in [0.29, 0.717) is 0 Å². The monoisotopic (exact) mass is 420 g/mol. The maximum atomic E-state index is 13.2. The van der Waals surface area contributed by atoms with Crippen LogP contribution in [0.5, 0.6) is 0 Å². The van der Waals surface area contributed by atoms with Crippen LogP contribution in [0, 0.1) is 0 Å². The van der Waals surface area contributed by atoms with Gasteiger partial charge < -0.3 is 4.90 Å². The van der Waals surface area contributed by atoms with Crippen LogP contribution in [0.25, 0.3) is 0 Å². The van der Waals surface area contributed by atoms with Gasteiger partial charge in [-0.15, -0.1) is 12.4 Å². The van der Waals surface area contributed by atoms with Crippen LogP contribution in [0.1, 0.15) is 6.42 Å². The normalized spacial score (nSPS) is 14.7. The zero-order valence-electron chi connectivity index (χ0n) is 12.1. The highest BCUT2D eigenvalue weighted by Crippen LogP contribution is 2.54. The van der Waals surface area contributed by atoms with Crippen molar-refractivity contribution in [3.05, 3.63) is 0 Å². The Morgan fingerprint density at radius 3 is 1.62 bits per heavy atom. The highest BCUT2D eigenvalue weighted by molar-refractivity contribution is 7.90. The van der Waals surface area contributed by atoms with E-state index in [1.54, 1.807) is 0 Å². The van der Waals surface area contributed by atoms with E-state index >= 15 is 0 Å². The number of halogens is 10. The molecule has 0 rings (SSSR count). The van der Waals surface area contributed by atoms with Crippen molar-refractivity contribution >= 4 is 22.4 Å². The molecular formula is C9H14ClF9N2O2S. The molecule has 0 radical (unpaired) electrons. The van der Waals surface area contributed by atoms with Crippen LogP contribution < -0.4 is 4.72 Å². The van der Waals surface area contributed by atoms with Crippen LogP contribution in [0.2, 0.25) is 0 Å². The first-order valence-corrected chi connectivity index (χ1v) is 7.24. The first-order valence-electron chi connectivity index (χ1n) is 5.76. The molecule has 0 saturated heterocycles. The van der Waals surface area contributed by atoms with Crippen LogP contribution in [0.15, 0.2) is 0 Å². The third kappa shape index (κ3) is 4.79. The minimum Gasteiger partial charge on any atom is -0.309 e. The molecule has 4 nitrogen and oxygen atoms in total. The Hall–Kier alpha value is -0.470. The van der Waals surface area contributed by atoms with Gasteiger partial charge in [-0.2, -0.15) is 39.5 Å². The zero-order valence-corrected chi connectivity index (χ0v) is 13.7. The molecule has 0 aromatic carbocycles. The number of alkyl halides is 9. The summed E-state index contributed by atoms with van der Waals surface area (Å²) in [5.41, 5.74) is 0. The van der Waals surface area contributed by atoms with Crippen LogP contribution in [0.4, 0.5) is 39.5 Å². The van der Waals surface area contributed by atoms with Gasteiger partial charge in [-0.1, -0.05) is 0 Å². The molecule has 0 aromatic heterocycles. The summed E-state index contributed by atoms with van der Waals surface area (Å²) in [6.45, 7) is -0.743. The lowest BCUT2D eigenvalue weighted by Gasteiger charge is -2.33. The molecule has 0 saturated carbocycles. The van der Waals surface area contributed by atoms with E-state index in [-0.39, 0.29) is 25.4 Å². The second kappa shape index (κ2) is 7.83. The molecule has 0 bridgehead atoms. The maximum Gasteiger partial charge on any atom is 0.460 e. The van der Waals surface area contributed by atoms with Crippen molar-refractivity contribution in [1.82, 2.24) is 9.62 Å². The molecule has 0 fully saturated rings. The fourth-order valence-electron chi connectivity index (χ4n) is 1.22. The SMILES string of the molecule is CN(C)CCCNS(=O)(=O)C(F)(F)C(F)(F)C(F)(F)C(F)(F)F.Cl. The summed E-state index contributed by atoms with van der Waals surface area (Å²) in [5.74, 6) is -14.5. The van der Waals surface area contributed by atoms with Gasteiger partial charge in [0.15, 0.2) is 0 Å². The van der Waals surface area contributed by atoms with Gasteiger partial charge >= 0.3 is 23.3 Å². The molecule has 0 atom stereocenters. The number of sulfonamides is 1. The van der Waals surface area contributed by atoms with Gasteiger partial charge in [0.1, 0.15) is 0 Å². The number of nitrogens with zero attached hydrogens (tertiary/aromatic N) is 1. The maximum absolute atomic E-state index is 13.2. The van der Waals surface area contributed by atoms with Crippen LogP contribution in [-0.4, -0.2) is 63.8 Å². The number of rotatable bonds is 8. The quantitative estimate of drug-likeness (QED) is 0.485. The van der Waals surface area contributed by atoms with Gasteiger partial charge in [-0.25, -0.2) is 13.1 Å². The average molecular weight is 421 g/mol. The molecule has 0 aliphatic heterocycles. The summed E-state index contributed by atoms with van der Waals surface area (Å²) in [6.07, 6.45) is -7.25. The summed E-state index contributed by atoms with van der Waals surface area (Å²) in [7, 11) is -3.49. The molecule has 0 heterocycles. The van der Waals surface area contributed by atoms with E-state index in [1.807, 2.05) is 0 Å². The largest absolute Gasteiger partial charge is 0.460 e. The Bertz CT molecular complexity index is 508. The fourth-order valence-corrected chi connectivity index (χ4v) is 2.28. The summed E-state index contributed by atoms with van der Waals surface area (Å²) < 4.78 is 136. The van der Waals surface area contributed by atoms with Gasteiger partial charge in [0.25, 0.3) is 10.0 Å². The Labute approximate surface area is 137 Å². The lowest BCUT2D eigenvalue weighted by molar-refractivity contribution is -0.382. The van der Waals surface area contributed by atoms with E-state index < -0.39 is 39.8 Å². The predicted octanol–water partition coefficient (Wildman–Crippen LogP) is 2.71. The van der Waals surface area contributed by atoms with Gasteiger partial charge in [-0.05, 0) is 27.1 Å². The Morgan fingerprint density at radius 2 is 1.29 bits per heavy atom. The van der Waals surface area contributed by atoms with E-state index in [4.69, 9.17) is 0 Å². The van der Waals surface area contributed by atoms with Crippen molar-refractivity contribution in [2.75, 3.05) is 27.2 Å². The van der Waals surface area contributed by atoms with Crippen LogP contribution in [0.3, 0.4) is 0 Å². The summed E-state index contributed by atoms with van der Waals surface area (Å²) >= 11 is 0. The average Bonchev–Trinajstić information content (AvgIpc) is 2.32. The summed E-state index contributed by atoms with van der Waals surface area (Å²) in [4.78, 5) is 1.46. The second-order valence-electron chi connectivity index (χ2n) is 4.72. The molecular weight excluding hydrogens is 407 g/mol. The van der Waals surface area contributed by atoms with E-state index in [9.17, 15) is 47.9 Å². The van der Waals surface area contributed by atoms with Crippen molar-refractivity contribution in [3.8, 4) is 0 Å². The minimum absolute atomic E-state index is 0. The topological polar surface area (TPSA) is 49.4 Å². The van der Waals surface area contributed by atoms with Crippen molar-refractivity contribution in [1.29, 1.82) is 0 Å². The Balaban J connectivity index is 0. The van der Waals surface area contributed by atoms with Gasteiger partial charge in [0.2, 0.25) is 0 Å². The second-order valence-corrected chi connectivity index (χ2v) is 6.53. The third-order valence-electron chi connectivity index (χ3n) is 2.53. The van der Waals surface area contributed by atoms with Gasteiger partial charge in [-0.3, -0.25) is 0 Å². The lowest BCUT2D eigenvalue weighted by atomic mass is 10.1. The van der Waals surface area contributed by atoms with Crippen molar-refractivity contribution in [3.63, 3.8) is 0 Å². The third-order valence-corrected chi connectivity index (χ3v) is 4.04. The summed E-state index contributed by atoms with van der Waals surface area (Å²) in [5, 5.41) is -6.68. The van der Waals surface area contributed by atoms with Gasteiger partial charge in [0.05, 0.1) is 0 Å². The smallest absolute Gasteiger partial charge is 0.309 e. The highest BCUT2D eigenvalue weighted by Gasteiger charge is 2.85. The molecule has 0 amide bonds. The van der Waals surface area contributed by atoms with E-state index in [2.05, 4.69) is 0 Å². The Kier molecular flexibility index (Phi) is 8.40. The molecule has 1 N–H and O–H groups in total. The molecule has 0 aliphatic rings. The molecule has 0 aromatic rings. The number of hydrogen-bond donors (Lipinski definition) is 1. The standard InChI is InChI=1S/C9H13F9N2O2S.ClH/c1-20(2)5-3-4-19-23(21,22)9(17,18)7(12,13)6(10,11)8(14,15)16;/h19H,3-5H2,1-2H3;1H. The zero-order chi connectivity index (χ0) is 18.9. The van der Waals surface area contributed by atoms with Gasteiger partial charge in [0, 0.05) is 6.54 Å². The molecule has 0 aliphatic carbocycles. The fraction of sp³-hybridized carbons (Fsp3) is 1.00.